The number of nitrogens with zero attached hydrogens (tertiary/aromatic N) is 3. The summed E-state index contributed by atoms with van der Waals surface area (Å²) in [6, 6.07) is 7.56. The maximum absolute atomic E-state index is 14.8. The second-order valence-corrected chi connectivity index (χ2v) is 20.5. The van der Waals surface area contributed by atoms with Crippen LogP contribution in [0.5, 0.6) is 0 Å². The van der Waals surface area contributed by atoms with E-state index in [1.165, 1.54) is 30.4 Å². The van der Waals surface area contributed by atoms with Crippen molar-refractivity contribution in [3.8, 4) is 0 Å². The predicted molar refractivity (Wildman–Crippen MR) is 228 cm³/mol. The Bertz CT molecular complexity index is 1850. The largest absolute Gasteiger partial charge is 0.478 e. The molecule has 0 unspecified atom stereocenters. The lowest BCUT2D eigenvalue weighted by molar-refractivity contribution is -0.225. The van der Waals surface area contributed by atoms with Crippen LogP contribution in [0.15, 0.2) is 61.2 Å². The van der Waals surface area contributed by atoms with Gasteiger partial charge in [-0.3, -0.25) is 9.69 Å². The Morgan fingerprint density at radius 3 is 2.45 bits per heavy atom. The number of carbonyl (C=O) groups excluding carboxylic acids is 1. The Morgan fingerprint density at radius 2 is 1.72 bits per heavy atom. The van der Waals surface area contributed by atoms with Gasteiger partial charge in [0.1, 0.15) is 0 Å². The standard InChI is InChI=1S/C49H70N4O5/c1-34(32-58-31-28-52-26-29-57-30-27-52)37-14-19-49(44(56)51-22-7-24-53-25-23-50-33-53)21-20-47(5)39(42(37)49)12-13-41-46(4)17-15-38(35-8-10-36(11-9-35)43(54)55)45(2,3)40(46)16-18-48(41,47)6/h8-11,15,23,25,33,37,39-42H,1,7,12-14,16-22,24,26-32H2,2-6H3,(H,51,56)(H,54,55)/t37-,39+,40-,41+,42+,46-,47+,48+,49-/m0/s1. The predicted octanol–water partition coefficient (Wildman–Crippen LogP) is 8.77. The van der Waals surface area contributed by atoms with Crippen molar-refractivity contribution < 1.29 is 24.2 Å². The molecule has 6 aliphatic rings. The van der Waals surface area contributed by atoms with Crippen LogP contribution < -0.4 is 5.32 Å². The minimum absolute atomic E-state index is 0.0371. The fourth-order valence-corrected chi connectivity index (χ4v) is 14.7. The number of imidazole rings is 1. The number of morpholine rings is 1. The molecule has 4 saturated carbocycles. The average molecular weight is 795 g/mol. The van der Waals surface area contributed by atoms with Crippen LogP contribution in [0, 0.1) is 56.7 Å². The molecule has 1 amide bonds. The molecule has 2 heterocycles. The highest BCUT2D eigenvalue weighted by molar-refractivity contribution is 5.88. The Labute approximate surface area is 347 Å². The number of hydrogen-bond acceptors (Lipinski definition) is 6. The van der Waals surface area contributed by atoms with Gasteiger partial charge in [0.05, 0.1) is 43.7 Å². The number of aryl methyl sites for hydroxylation is 1. The number of fused-ring (bicyclic) bond motifs is 7. The summed E-state index contributed by atoms with van der Waals surface area (Å²) in [5.41, 5.74) is 4.07. The van der Waals surface area contributed by atoms with Gasteiger partial charge in [-0.2, -0.15) is 0 Å². The molecule has 316 valence electrons. The van der Waals surface area contributed by atoms with Crippen molar-refractivity contribution in [3.05, 3.63) is 72.3 Å². The molecular formula is C49H70N4O5. The van der Waals surface area contributed by atoms with Crippen molar-refractivity contribution >= 4 is 17.4 Å². The molecule has 9 atom stereocenters. The monoisotopic (exact) mass is 795 g/mol. The number of amides is 1. The van der Waals surface area contributed by atoms with E-state index in [0.717, 1.165) is 89.9 Å². The van der Waals surface area contributed by atoms with Gasteiger partial charge in [-0.05, 0) is 144 Å². The third kappa shape index (κ3) is 6.93. The molecule has 9 heteroatoms. The van der Waals surface area contributed by atoms with Gasteiger partial charge in [0, 0.05) is 45.1 Å². The zero-order chi connectivity index (χ0) is 40.9. The summed E-state index contributed by atoms with van der Waals surface area (Å²) in [4.78, 5) is 33.0. The lowest BCUT2D eigenvalue weighted by Gasteiger charge is -2.72. The van der Waals surface area contributed by atoms with E-state index in [9.17, 15) is 14.7 Å². The molecule has 9 nitrogen and oxygen atoms in total. The smallest absolute Gasteiger partial charge is 0.335 e. The van der Waals surface area contributed by atoms with Crippen LogP contribution in [0.4, 0.5) is 0 Å². The number of carboxylic acids is 1. The minimum Gasteiger partial charge on any atom is -0.478 e. The zero-order valence-electron chi connectivity index (χ0n) is 36.1. The van der Waals surface area contributed by atoms with Crippen molar-refractivity contribution in [2.75, 3.05) is 52.6 Å². The second kappa shape index (κ2) is 16.0. The van der Waals surface area contributed by atoms with E-state index in [2.05, 4.69) is 60.5 Å². The molecule has 1 saturated heterocycles. The van der Waals surface area contributed by atoms with Crippen molar-refractivity contribution in [3.63, 3.8) is 0 Å². The summed E-state index contributed by atoms with van der Waals surface area (Å²) in [6.07, 6.45) is 18.9. The van der Waals surface area contributed by atoms with Gasteiger partial charge in [-0.25, -0.2) is 9.78 Å². The van der Waals surface area contributed by atoms with Crippen LogP contribution in [0.2, 0.25) is 0 Å². The first-order valence-corrected chi connectivity index (χ1v) is 22.6. The Hall–Kier alpha value is -3.27. The molecule has 1 aromatic carbocycles. The Kier molecular flexibility index (Phi) is 11.4. The van der Waals surface area contributed by atoms with Gasteiger partial charge < -0.3 is 24.5 Å². The van der Waals surface area contributed by atoms with E-state index in [0.29, 0.717) is 43.1 Å². The number of aromatic nitrogens is 2. The number of aromatic carboxylic acids is 1. The molecule has 58 heavy (non-hydrogen) atoms. The van der Waals surface area contributed by atoms with Crippen LogP contribution in [0.3, 0.4) is 0 Å². The zero-order valence-corrected chi connectivity index (χ0v) is 36.1. The van der Waals surface area contributed by atoms with Gasteiger partial charge >= 0.3 is 5.97 Å². The summed E-state index contributed by atoms with van der Waals surface area (Å²) in [7, 11) is 0. The fraction of sp³-hybridized carbons (Fsp3) is 0.694. The average Bonchev–Trinajstić information content (AvgIpc) is 3.88. The molecule has 0 spiro atoms. The molecular weight excluding hydrogens is 725 g/mol. The highest BCUT2D eigenvalue weighted by Crippen LogP contribution is 2.77. The minimum atomic E-state index is -0.880. The highest BCUT2D eigenvalue weighted by Gasteiger charge is 2.71. The van der Waals surface area contributed by atoms with Crippen molar-refractivity contribution in [1.29, 1.82) is 0 Å². The van der Waals surface area contributed by atoms with Gasteiger partial charge in [0.25, 0.3) is 0 Å². The van der Waals surface area contributed by atoms with Crippen molar-refractivity contribution in [2.24, 2.45) is 56.7 Å². The van der Waals surface area contributed by atoms with Gasteiger partial charge in [0.15, 0.2) is 0 Å². The maximum atomic E-state index is 14.8. The molecule has 0 radical (unpaired) electrons. The van der Waals surface area contributed by atoms with Crippen molar-refractivity contribution in [1.82, 2.24) is 19.8 Å². The SMILES string of the molecule is C=C(COCCN1CCOCC1)[C@@H]1CC[C@]2(C(=O)NCCCn3ccnc3)CC[C@]3(C)[C@H](CC[C@@H]4[C@@]5(C)CC=C(c6ccc(C(=O)O)cc6)C(C)(C)[C@@H]5CC[C@]43C)[C@@H]12. The number of allylic oxidation sites excluding steroid dienone is 2. The quantitative estimate of drug-likeness (QED) is 0.154. The molecule has 2 aromatic rings. The number of benzene rings is 1. The summed E-state index contributed by atoms with van der Waals surface area (Å²) in [5, 5.41) is 13.0. The maximum Gasteiger partial charge on any atom is 0.335 e. The Balaban J connectivity index is 1.04. The van der Waals surface area contributed by atoms with E-state index in [4.69, 9.17) is 16.1 Å². The number of ether oxygens (including phenoxy) is 2. The second-order valence-electron chi connectivity index (χ2n) is 20.5. The van der Waals surface area contributed by atoms with Gasteiger partial charge in [0.2, 0.25) is 5.91 Å². The van der Waals surface area contributed by atoms with Crippen LogP contribution >= 0.6 is 0 Å². The first-order chi connectivity index (χ1) is 27.7. The molecule has 0 bridgehead atoms. The number of carbonyl (C=O) groups is 2. The summed E-state index contributed by atoms with van der Waals surface area (Å²) in [5.74, 6) is 1.51. The normalized spacial score (nSPS) is 36.8. The topological polar surface area (TPSA) is 106 Å². The molecule has 2 N–H and O–H groups in total. The van der Waals surface area contributed by atoms with E-state index in [1.807, 2.05) is 30.9 Å². The number of carboxylic acid groups (broad SMARTS) is 1. The number of hydrogen-bond donors (Lipinski definition) is 2. The number of nitrogens with one attached hydrogen (secondary N) is 1. The van der Waals surface area contributed by atoms with E-state index >= 15 is 0 Å². The first-order valence-electron chi connectivity index (χ1n) is 22.6. The molecule has 8 rings (SSSR count). The third-order valence-electron chi connectivity index (χ3n) is 17.8. The van der Waals surface area contributed by atoms with E-state index < -0.39 is 5.97 Å². The van der Waals surface area contributed by atoms with Crippen LogP contribution in [-0.4, -0.2) is 84.0 Å². The molecule has 1 aromatic heterocycles. The number of rotatable bonds is 13. The summed E-state index contributed by atoms with van der Waals surface area (Å²) in [6.45, 7) is 24.8. The first kappa shape index (κ1) is 41.5. The lowest BCUT2D eigenvalue weighted by atomic mass is 9.32. The molecule has 1 aliphatic heterocycles. The van der Waals surface area contributed by atoms with E-state index in [-0.39, 0.29) is 44.8 Å². The molecule has 5 fully saturated rings. The third-order valence-corrected chi connectivity index (χ3v) is 17.8. The summed E-state index contributed by atoms with van der Waals surface area (Å²) < 4.78 is 14.0. The van der Waals surface area contributed by atoms with Gasteiger partial charge in [-0.15, -0.1) is 0 Å². The van der Waals surface area contributed by atoms with Gasteiger partial charge in [-0.1, -0.05) is 59.4 Å². The Morgan fingerprint density at radius 1 is 0.948 bits per heavy atom. The lowest BCUT2D eigenvalue weighted by Crippen LogP contribution is -2.66. The van der Waals surface area contributed by atoms with Crippen molar-refractivity contribution in [2.45, 2.75) is 105 Å². The summed E-state index contributed by atoms with van der Waals surface area (Å²) >= 11 is 0. The van der Waals surface area contributed by atoms with Crippen LogP contribution in [0.25, 0.3) is 5.57 Å². The fourth-order valence-electron chi connectivity index (χ4n) is 14.7. The molecule has 5 aliphatic carbocycles. The van der Waals surface area contributed by atoms with Crippen LogP contribution in [0.1, 0.15) is 115 Å². The van der Waals surface area contributed by atoms with E-state index in [1.54, 1.807) is 12.1 Å². The highest BCUT2D eigenvalue weighted by atomic mass is 16.5. The van der Waals surface area contributed by atoms with Crippen LogP contribution in [-0.2, 0) is 20.8 Å².